The molecule has 2 rings (SSSR count). The molecule has 2 heterocycles. The summed E-state index contributed by atoms with van der Waals surface area (Å²) in [5, 5.41) is 3.45. The molecule has 0 bridgehead atoms. The average Bonchev–Trinajstić information content (AvgIpc) is 2.84. The number of nitrogens with one attached hydrogen (secondary N) is 1. The van der Waals surface area contributed by atoms with Crippen molar-refractivity contribution in [3.8, 4) is 11.8 Å². The van der Waals surface area contributed by atoms with Crippen LogP contribution in [0.15, 0.2) is 30.5 Å². The Morgan fingerprint density at radius 1 is 1.40 bits per heavy atom. The van der Waals surface area contributed by atoms with Crippen LogP contribution >= 0.6 is 11.3 Å². The SMILES string of the molecule is CCC(C)NCc1sc(C#Cc2ccccn2)cc1N. The van der Waals surface area contributed by atoms with Gasteiger partial charge in [0.15, 0.2) is 0 Å². The zero-order chi connectivity index (χ0) is 14.4. The Balaban J connectivity index is 2.06. The molecule has 3 N–H and O–H groups in total. The molecule has 0 fully saturated rings. The molecule has 3 nitrogen and oxygen atoms in total. The minimum atomic E-state index is 0.500. The molecular weight excluding hydrogens is 266 g/mol. The summed E-state index contributed by atoms with van der Waals surface area (Å²) in [6, 6.07) is 8.15. The number of hydrogen-bond acceptors (Lipinski definition) is 4. The second kappa shape index (κ2) is 7.09. The lowest BCUT2D eigenvalue weighted by Crippen LogP contribution is -2.24. The number of aromatic nitrogens is 1. The van der Waals surface area contributed by atoms with Crippen molar-refractivity contribution in [2.75, 3.05) is 5.73 Å². The predicted molar refractivity (Wildman–Crippen MR) is 85.5 cm³/mol. The van der Waals surface area contributed by atoms with Gasteiger partial charge in [-0.05, 0) is 43.4 Å². The molecule has 2 aromatic heterocycles. The van der Waals surface area contributed by atoms with E-state index in [-0.39, 0.29) is 0 Å². The van der Waals surface area contributed by atoms with Crippen LogP contribution in [0.25, 0.3) is 0 Å². The van der Waals surface area contributed by atoms with E-state index in [1.54, 1.807) is 17.5 Å². The van der Waals surface area contributed by atoms with Crippen LogP contribution < -0.4 is 11.1 Å². The van der Waals surface area contributed by atoms with Crippen LogP contribution in [-0.2, 0) is 6.54 Å². The minimum Gasteiger partial charge on any atom is -0.398 e. The summed E-state index contributed by atoms with van der Waals surface area (Å²) in [5.74, 6) is 6.17. The molecule has 0 aromatic carbocycles. The van der Waals surface area contributed by atoms with E-state index in [2.05, 4.69) is 36.0 Å². The third kappa shape index (κ3) is 4.09. The Bertz CT molecular complexity index is 608. The lowest BCUT2D eigenvalue weighted by molar-refractivity contribution is 0.538. The summed E-state index contributed by atoms with van der Waals surface area (Å²) in [5.41, 5.74) is 7.62. The normalized spacial score (nSPS) is 11.7. The van der Waals surface area contributed by atoms with Gasteiger partial charge >= 0.3 is 0 Å². The average molecular weight is 285 g/mol. The maximum atomic E-state index is 6.03. The molecule has 0 saturated heterocycles. The molecule has 20 heavy (non-hydrogen) atoms. The Hall–Kier alpha value is -1.83. The van der Waals surface area contributed by atoms with Crippen molar-refractivity contribution >= 4 is 17.0 Å². The molecule has 4 heteroatoms. The van der Waals surface area contributed by atoms with Gasteiger partial charge in [-0.1, -0.05) is 13.0 Å². The van der Waals surface area contributed by atoms with E-state index in [0.717, 1.165) is 34.1 Å². The smallest absolute Gasteiger partial charge is 0.113 e. The van der Waals surface area contributed by atoms with E-state index < -0.39 is 0 Å². The van der Waals surface area contributed by atoms with Crippen molar-refractivity contribution in [3.05, 3.63) is 45.9 Å². The zero-order valence-corrected chi connectivity index (χ0v) is 12.6. The molecule has 0 spiro atoms. The quantitative estimate of drug-likeness (QED) is 0.849. The Kier molecular flexibility index (Phi) is 5.16. The van der Waals surface area contributed by atoms with Crippen LogP contribution in [0, 0.1) is 11.8 Å². The first-order valence-corrected chi connectivity index (χ1v) is 7.55. The van der Waals surface area contributed by atoms with Gasteiger partial charge in [0.1, 0.15) is 5.69 Å². The Morgan fingerprint density at radius 3 is 2.95 bits per heavy atom. The van der Waals surface area contributed by atoms with Gasteiger partial charge < -0.3 is 11.1 Å². The Labute approximate surface area is 124 Å². The third-order valence-electron chi connectivity index (χ3n) is 3.04. The van der Waals surface area contributed by atoms with Crippen LogP contribution in [0.2, 0.25) is 0 Å². The highest BCUT2D eigenvalue weighted by Crippen LogP contribution is 2.24. The summed E-state index contributed by atoms with van der Waals surface area (Å²) in [6.45, 7) is 5.14. The van der Waals surface area contributed by atoms with Gasteiger partial charge in [0.05, 0.1) is 4.88 Å². The molecular formula is C16H19N3S. The number of nitrogen functional groups attached to an aromatic ring is 1. The molecule has 0 radical (unpaired) electrons. The van der Waals surface area contributed by atoms with Gasteiger partial charge in [0.25, 0.3) is 0 Å². The maximum absolute atomic E-state index is 6.03. The molecule has 1 unspecified atom stereocenters. The van der Waals surface area contributed by atoms with Crippen LogP contribution in [0.5, 0.6) is 0 Å². The van der Waals surface area contributed by atoms with Crippen molar-refractivity contribution in [2.24, 2.45) is 0 Å². The highest BCUT2D eigenvalue weighted by Gasteiger charge is 2.06. The van der Waals surface area contributed by atoms with Crippen LogP contribution in [-0.4, -0.2) is 11.0 Å². The molecule has 2 aromatic rings. The molecule has 0 aliphatic carbocycles. The number of nitrogens with zero attached hydrogens (tertiary/aromatic N) is 1. The highest BCUT2D eigenvalue weighted by atomic mass is 32.1. The molecule has 0 aliphatic rings. The largest absolute Gasteiger partial charge is 0.398 e. The lowest BCUT2D eigenvalue weighted by Gasteiger charge is -2.09. The second-order valence-corrected chi connectivity index (χ2v) is 5.78. The topological polar surface area (TPSA) is 50.9 Å². The second-order valence-electron chi connectivity index (χ2n) is 4.64. The number of thiophene rings is 1. The summed E-state index contributed by atoms with van der Waals surface area (Å²) in [4.78, 5) is 6.31. The van der Waals surface area contributed by atoms with E-state index in [1.165, 1.54) is 0 Å². The van der Waals surface area contributed by atoms with E-state index >= 15 is 0 Å². The van der Waals surface area contributed by atoms with Crippen LogP contribution in [0.1, 0.15) is 35.7 Å². The number of hydrogen-bond donors (Lipinski definition) is 2. The third-order valence-corrected chi connectivity index (χ3v) is 4.11. The van der Waals surface area contributed by atoms with E-state index in [4.69, 9.17) is 5.73 Å². The fraction of sp³-hybridized carbons (Fsp3) is 0.312. The summed E-state index contributed by atoms with van der Waals surface area (Å²) in [6.07, 6.45) is 2.85. The number of nitrogens with two attached hydrogens (primary N) is 1. The van der Waals surface area contributed by atoms with E-state index in [9.17, 15) is 0 Å². The van der Waals surface area contributed by atoms with Crippen LogP contribution in [0.3, 0.4) is 0 Å². The van der Waals surface area contributed by atoms with Crippen LogP contribution in [0.4, 0.5) is 5.69 Å². The molecule has 104 valence electrons. The summed E-state index contributed by atoms with van der Waals surface area (Å²) in [7, 11) is 0. The van der Waals surface area contributed by atoms with Gasteiger partial charge in [-0.2, -0.15) is 0 Å². The van der Waals surface area contributed by atoms with Crippen molar-refractivity contribution in [3.63, 3.8) is 0 Å². The first-order valence-electron chi connectivity index (χ1n) is 6.73. The number of pyridine rings is 1. The lowest BCUT2D eigenvalue weighted by atomic mass is 10.2. The fourth-order valence-electron chi connectivity index (χ4n) is 1.62. The number of rotatable bonds is 4. The fourth-order valence-corrected chi connectivity index (χ4v) is 2.50. The Morgan fingerprint density at radius 2 is 2.25 bits per heavy atom. The number of anilines is 1. The highest BCUT2D eigenvalue weighted by molar-refractivity contribution is 7.13. The van der Waals surface area contributed by atoms with E-state index in [0.29, 0.717) is 6.04 Å². The van der Waals surface area contributed by atoms with E-state index in [1.807, 2.05) is 24.3 Å². The summed E-state index contributed by atoms with van der Waals surface area (Å²) < 4.78 is 0. The van der Waals surface area contributed by atoms with Crippen molar-refractivity contribution in [1.29, 1.82) is 0 Å². The standard InChI is InChI=1S/C16H19N3S/c1-3-12(2)19-11-16-15(17)10-14(20-16)8-7-13-6-4-5-9-18-13/h4-6,9-10,12,19H,3,11,17H2,1-2H3. The van der Waals surface area contributed by atoms with Crippen molar-refractivity contribution in [1.82, 2.24) is 10.3 Å². The van der Waals surface area contributed by atoms with Gasteiger partial charge in [-0.3, -0.25) is 0 Å². The zero-order valence-electron chi connectivity index (χ0n) is 11.8. The van der Waals surface area contributed by atoms with Gasteiger partial charge in [-0.25, -0.2) is 4.98 Å². The minimum absolute atomic E-state index is 0.500. The van der Waals surface area contributed by atoms with Gasteiger partial charge in [-0.15, -0.1) is 11.3 Å². The van der Waals surface area contributed by atoms with Gasteiger partial charge in [0, 0.05) is 29.3 Å². The molecule has 0 amide bonds. The summed E-state index contributed by atoms with van der Waals surface area (Å²) >= 11 is 1.64. The molecule has 0 aliphatic heterocycles. The molecule has 1 atom stereocenters. The van der Waals surface area contributed by atoms with Gasteiger partial charge in [0.2, 0.25) is 0 Å². The predicted octanol–water partition coefficient (Wildman–Crippen LogP) is 3.01. The van der Waals surface area contributed by atoms with Crippen molar-refractivity contribution in [2.45, 2.75) is 32.9 Å². The first kappa shape index (κ1) is 14.6. The monoisotopic (exact) mass is 285 g/mol. The first-order chi connectivity index (χ1) is 9.69. The molecule has 0 saturated carbocycles. The van der Waals surface area contributed by atoms with Crippen molar-refractivity contribution < 1.29 is 0 Å². The maximum Gasteiger partial charge on any atom is 0.113 e.